The van der Waals surface area contributed by atoms with Crippen molar-refractivity contribution in [1.82, 2.24) is 20.2 Å². The lowest BCUT2D eigenvalue weighted by Gasteiger charge is -2.39. The third-order valence-corrected chi connectivity index (χ3v) is 11.4. The molecule has 2 amide bonds. The number of nitrogens with one attached hydrogen (secondary N) is 1. The van der Waals surface area contributed by atoms with Gasteiger partial charge in [-0.15, -0.1) is 11.3 Å². The lowest BCUT2D eigenvalue weighted by atomic mass is 9.94. The maximum absolute atomic E-state index is 14.3. The standard InChI is InChI=1S/C32H29N5O7S2/c1-32(19-43-31(40)35-17-23-18-45-30(33)36-23)26(29(39)44-25(20-10-4-2-5-11-20)21-12-6-3-7-13-21)37-27(38)24(28(37)46(32,41)42)16-22-14-8-9-15-34-22/h2-16,18,25-26,28H,17,19H2,1H3,(H2,33,36)(H,35,40)/b24-16-/t26-,28?,32?/m0/s1. The zero-order valence-corrected chi connectivity index (χ0v) is 26.1. The van der Waals surface area contributed by atoms with Gasteiger partial charge in [0.25, 0.3) is 5.91 Å². The number of benzene rings is 2. The lowest BCUT2D eigenvalue weighted by Crippen LogP contribution is -2.60. The number of anilines is 1. The summed E-state index contributed by atoms with van der Waals surface area (Å²) in [4.78, 5) is 49.7. The van der Waals surface area contributed by atoms with E-state index in [4.69, 9.17) is 15.2 Å². The predicted octanol–water partition coefficient (Wildman–Crippen LogP) is 3.49. The highest BCUT2D eigenvalue weighted by atomic mass is 32.2. The first-order valence-corrected chi connectivity index (χ1v) is 16.6. The fourth-order valence-electron chi connectivity index (χ4n) is 5.59. The molecule has 0 spiro atoms. The van der Waals surface area contributed by atoms with E-state index in [-0.39, 0.29) is 12.1 Å². The van der Waals surface area contributed by atoms with Crippen molar-refractivity contribution in [3.63, 3.8) is 0 Å². The van der Waals surface area contributed by atoms with Crippen molar-refractivity contribution in [3.8, 4) is 0 Å². The molecule has 4 aromatic rings. The quantitative estimate of drug-likeness (QED) is 0.154. The Bertz CT molecular complexity index is 1860. The molecule has 2 aromatic heterocycles. The van der Waals surface area contributed by atoms with Crippen molar-refractivity contribution in [3.05, 3.63) is 119 Å². The molecule has 46 heavy (non-hydrogen) atoms. The zero-order valence-electron chi connectivity index (χ0n) is 24.5. The van der Waals surface area contributed by atoms with Gasteiger partial charge in [-0.3, -0.25) is 9.78 Å². The number of alkyl carbamates (subject to hydrolysis) is 1. The number of nitrogens with zero attached hydrogens (tertiary/aromatic N) is 3. The molecule has 2 unspecified atom stereocenters. The van der Waals surface area contributed by atoms with Gasteiger partial charge in [-0.2, -0.15) is 0 Å². The number of carbonyl (C=O) groups is 3. The minimum absolute atomic E-state index is 0.0124. The number of pyridine rings is 1. The molecule has 0 aliphatic carbocycles. The van der Waals surface area contributed by atoms with E-state index in [0.29, 0.717) is 27.6 Å². The molecule has 14 heteroatoms. The molecule has 2 aliphatic heterocycles. The maximum atomic E-state index is 14.3. The summed E-state index contributed by atoms with van der Waals surface area (Å²) in [7, 11) is -4.37. The van der Waals surface area contributed by atoms with E-state index in [1.54, 1.807) is 72.1 Å². The van der Waals surface area contributed by atoms with Crippen LogP contribution in [0, 0.1) is 0 Å². The van der Waals surface area contributed by atoms with Crippen LogP contribution in [0.3, 0.4) is 0 Å². The Morgan fingerprint density at radius 3 is 2.30 bits per heavy atom. The van der Waals surface area contributed by atoms with Crippen molar-refractivity contribution in [2.45, 2.75) is 35.7 Å². The predicted molar refractivity (Wildman–Crippen MR) is 169 cm³/mol. The maximum Gasteiger partial charge on any atom is 0.407 e. The van der Waals surface area contributed by atoms with Gasteiger partial charge >= 0.3 is 12.1 Å². The molecule has 4 heterocycles. The smallest absolute Gasteiger partial charge is 0.407 e. The van der Waals surface area contributed by atoms with E-state index in [0.717, 1.165) is 4.90 Å². The van der Waals surface area contributed by atoms with Crippen LogP contribution in [0.25, 0.3) is 6.08 Å². The molecule has 0 bridgehead atoms. The third-order valence-electron chi connectivity index (χ3n) is 7.93. The molecule has 236 valence electrons. The molecule has 2 aromatic carbocycles. The summed E-state index contributed by atoms with van der Waals surface area (Å²) in [6.45, 7) is 0.535. The van der Waals surface area contributed by atoms with Gasteiger partial charge in [0, 0.05) is 11.6 Å². The number of hydrogen-bond donors (Lipinski definition) is 2. The van der Waals surface area contributed by atoms with Gasteiger partial charge in [0.1, 0.15) is 11.4 Å². The number of nitrogens with two attached hydrogens (primary N) is 1. The van der Waals surface area contributed by atoms with Crippen LogP contribution in [0.5, 0.6) is 0 Å². The van der Waals surface area contributed by atoms with E-state index in [1.165, 1.54) is 30.5 Å². The van der Waals surface area contributed by atoms with Gasteiger partial charge in [0.05, 0.1) is 23.5 Å². The molecule has 3 N–H and O–H groups in total. The number of carbonyl (C=O) groups excluding carboxylic acids is 3. The van der Waals surface area contributed by atoms with Crippen molar-refractivity contribution in [2.24, 2.45) is 0 Å². The number of β-lactam (4-membered cyclic amide) rings is 1. The molecular weight excluding hydrogens is 631 g/mol. The second-order valence-corrected chi connectivity index (χ2v) is 14.3. The van der Waals surface area contributed by atoms with E-state index in [2.05, 4.69) is 15.3 Å². The summed E-state index contributed by atoms with van der Waals surface area (Å²) in [5.41, 5.74) is 7.75. The number of aromatic nitrogens is 2. The van der Waals surface area contributed by atoms with Crippen LogP contribution in [-0.2, 0) is 35.4 Å². The minimum Gasteiger partial charge on any atom is -0.451 e. The largest absolute Gasteiger partial charge is 0.451 e. The monoisotopic (exact) mass is 659 g/mol. The Kier molecular flexibility index (Phi) is 8.32. The number of thiazole rings is 1. The SMILES string of the molecule is CC1(COC(=O)NCc2csc(N)n2)[C@H](C(=O)OC(c2ccccc2)c2ccccc2)N2C(=O)/C(=C/c3ccccn3)C2S1(=O)=O. The van der Waals surface area contributed by atoms with Gasteiger partial charge in [0.2, 0.25) is 0 Å². The number of esters is 1. The first-order chi connectivity index (χ1) is 22.1. The molecule has 2 fully saturated rings. The normalized spacial score (nSPS) is 22.3. The van der Waals surface area contributed by atoms with Crippen LogP contribution in [-0.4, -0.2) is 64.0 Å². The molecular formula is C32H29N5O7S2. The summed E-state index contributed by atoms with van der Waals surface area (Å²) in [6.07, 6.45) is 1.06. The number of sulfone groups is 1. The van der Waals surface area contributed by atoms with Gasteiger partial charge in [-0.05, 0) is 36.3 Å². The van der Waals surface area contributed by atoms with E-state index in [9.17, 15) is 22.8 Å². The molecule has 2 aliphatic rings. The number of amides is 2. The molecule has 3 atom stereocenters. The number of rotatable bonds is 9. The Hall–Kier alpha value is -5.08. The highest BCUT2D eigenvalue weighted by Crippen LogP contribution is 2.50. The first kappa shape index (κ1) is 30.9. The third kappa shape index (κ3) is 5.61. The molecule has 12 nitrogen and oxygen atoms in total. The topological polar surface area (TPSA) is 171 Å². The Morgan fingerprint density at radius 1 is 1.07 bits per heavy atom. The molecule has 2 saturated heterocycles. The lowest BCUT2D eigenvalue weighted by molar-refractivity contribution is -0.161. The van der Waals surface area contributed by atoms with Crippen molar-refractivity contribution in [2.75, 3.05) is 12.3 Å². The second kappa shape index (κ2) is 12.4. The Morgan fingerprint density at radius 2 is 1.72 bits per heavy atom. The number of hydrogen-bond acceptors (Lipinski definition) is 11. The highest BCUT2D eigenvalue weighted by molar-refractivity contribution is 7.94. The summed E-state index contributed by atoms with van der Waals surface area (Å²) >= 11 is 1.20. The first-order valence-electron chi connectivity index (χ1n) is 14.2. The van der Waals surface area contributed by atoms with Gasteiger partial charge in [-0.25, -0.2) is 23.0 Å². The van der Waals surface area contributed by atoms with Crippen LogP contribution in [0.1, 0.15) is 35.5 Å². The average molecular weight is 660 g/mol. The molecule has 0 radical (unpaired) electrons. The molecule has 6 rings (SSSR count). The van der Waals surface area contributed by atoms with Gasteiger partial charge < -0.3 is 25.4 Å². The second-order valence-electron chi connectivity index (χ2n) is 10.9. The molecule has 0 saturated carbocycles. The summed E-state index contributed by atoms with van der Waals surface area (Å²) < 4.78 is 37.9. The summed E-state index contributed by atoms with van der Waals surface area (Å²) in [6, 6.07) is 21.3. The number of fused-ring (bicyclic) bond motifs is 1. The van der Waals surface area contributed by atoms with Crippen LogP contribution in [0.4, 0.5) is 9.93 Å². The van der Waals surface area contributed by atoms with Gasteiger partial charge in [0.15, 0.2) is 32.5 Å². The summed E-state index contributed by atoms with van der Waals surface area (Å²) in [5, 5.41) is 3.02. The minimum atomic E-state index is -4.37. The van der Waals surface area contributed by atoms with E-state index < -0.39 is 56.7 Å². The van der Waals surface area contributed by atoms with Crippen LogP contribution in [0.2, 0.25) is 0 Å². The average Bonchev–Trinajstić information content (AvgIpc) is 3.56. The number of ether oxygens (including phenoxy) is 2. The van der Waals surface area contributed by atoms with Gasteiger partial charge in [-0.1, -0.05) is 66.7 Å². The van der Waals surface area contributed by atoms with Crippen LogP contribution in [0.15, 0.2) is 96.0 Å². The van der Waals surface area contributed by atoms with Crippen molar-refractivity contribution >= 4 is 50.4 Å². The van der Waals surface area contributed by atoms with Crippen molar-refractivity contribution in [1.29, 1.82) is 0 Å². The zero-order chi connectivity index (χ0) is 32.5. The van der Waals surface area contributed by atoms with Crippen LogP contribution >= 0.6 is 11.3 Å². The van der Waals surface area contributed by atoms with Crippen LogP contribution < -0.4 is 11.1 Å². The van der Waals surface area contributed by atoms with Crippen molar-refractivity contribution < 1.29 is 32.3 Å². The fraction of sp³-hybridized carbons (Fsp3) is 0.219. The van der Waals surface area contributed by atoms with E-state index >= 15 is 0 Å². The van der Waals surface area contributed by atoms with E-state index in [1.807, 2.05) is 12.1 Å². The Labute approximate surface area is 268 Å². The summed E-state index contributed by atoms with van der Waals surface area (Å²) in [5.74, 6) is -1.62. The Balaban J connectivity index is 1.33. The highest BCUT2D eigenvalue weighted by Gasteiger charge is 2.73. The number of nitrogen functional groups attached to an aromatic ring is 1. The fourth-order valence-corrected chi connectivity index (χ4v) is 8.42.